The number of aliphatic hydroxyl groups is 1. The minimum absolute atomic E-state index is 0.0575. The predicted octanol–water partition coefficient (Wildman–Crippen LogP) is 2.39. The van der Waals surface area contributed by atoms with Crippen molar-refractivity contribution in [1.29, 1.82) is 0 Å². The van der Waals surface area contributed by atoms with Crippen molar-refractivity contribution in [2.45, 2.75) is 25.9 Å². The van der Waals surface area contributed by atoms with Crippen molar-refractivity contribution in [3.8, 4) is 0 Å². The Morgan fingerprint density at radius 3 is 2.93 bits per heavy atom. The first-order valence-corrected chi connectivity index (χ1v) is 5.89. The molecule has 0 saturated carbocycles. The van der Waals surface area contributed by atoms with E-state index in [1.165, 1.54) is 0 Å². The maximum Gasteiger partial charge on any atom is 0.224 e. The maximum absolute atomic E-state index is 11.4. The molecule has 0 saturated heterocycles. The lowest BCUT2D eigenvalue weighted by Gasteiger charge is -2.06. The molecule has 0 aliphatic heterocycles. The standard InChI is InChI=1S/C11H14INO2/c1-8(14)5-6-11(15)13-10-4-2-3-9(12)7-10/h2-4,7-8,14H,5-6H2,1H3,(H,13,15). The summed E-state index contributed by atoms with van der Waals surface area (Å²) in [5, 5.41) is 11.8. The molecule has 1 aromatic carbocycles. The summed E-state index contributed by atoms with van der Waals surface area (Å²) in [6.07, 6.45) is 0.422. The van der Waals surface area contributed by atoms with Crippen molar-refractivity contribution >= 4 is 34.2 Å². The molecule has 0 spiro atoms. The Labute approximate surface area is 103 Å². The summed E-state index contributed by atoms with van der Waals surface area (Å²) in [5.41, 5.74) is 0.803. The molecule has 1 rings (SSSR count). The van der Waals surface area contributed by atoms with Crippen LogP contribution in [0, 0.1) is 3.57 Å². The summed E-state index contributed by atoms with van der Waals surface area (Å²) in [6.45, 7) is 1.68. The van der Waals surface area contributed by atoms with Gasteiger partial charge in [-0.05, 0) is 54.1 Å². The molecule has 1 unspecified atom stereocenters. The van der Waals surface area contributed by atoms with Crippen LogP contribution in [0.15, 0.2) is 24.3 Å². The second kappa shape index (κ2) is 6.07. The molecule has 1 aromatic rings. The number of carbonyl (C=O) groups is 1. The minimum Gasteiger partial charge on any atom is -0.393 e. The lowest BCUT2D eigenvalue weighted by atomic mass is 10.2. The van der Waals surface area contributed by atoms with E-state index >= 15 is 0 Å². The van der Waals surface area contributed by atoms with Crippen molar-refractivity contribution in [1.82, 2.24) is 0 Å². The number of halogens is 1. The van der Waals surface area contributed by atoms with Gasteiger partial charge in [0.1, 0.15) is 0 Å². The van der Waals surface area contributed by atoms with Gasteiger partial charge >= 0.3 is 0 Å². The molecular formula is C11H14INO2. The molecule has 0 aliphatic rings. The minimum atomic E-state index is -0.424. The van der Waals surface area contributed by atoms with Crippen LogP contribution >= 0.6 is 22.6 Å². The Morgan fingerprint density at radius 1 is 1.60 bits per heavy atom. The second-order valence-corrected chi connectivity index (χ2v) is 4.69. The highest BCUT2D eigenvalue weighted by molar-refractivity contribution is 14.1. The fourth-order valence-electron chi connectivity index (χ4n) is 1.13. The molecule has 0 radical (unpaired) electrons. The molecule has 0 aliphatic carbocycles. The van der Waals surface area contributed by atoms with Gasteiger partial charge in [0.15, 0.2) is 0 Å². The smallest absolute Gasteiger partial charge is 0.224 e. The molecule has 4 heteroatoms. The fraction of sp³-hybridized carbons (Fsp3) is 0.364. The summed E-state index contributed by atoms with van der Waals surface area (Å²) in [7, 11) is 0. The lowest BCUT2D eigenvalue weighted by molar-refractivity contribution is -0.116. The highest BCUT2D eigenvalue weighted by Crippen LogP contribution is 2.12. The fourth-order valence-corrected chi connectivity index (χ4v) is 1.67. The normalized spacial score (nSPS) is 12.2. The molecule has 82 valence electrons. The van der Waals surface area contributed by atoms with Crippen LogP contribution in [0.4, 0.5) is 5.69 Å². The Balaban J connectivity index is 2.44. The van der Waals surface area contributed by atoms with Crippen LogP contribution in [-0.2, 0) is 4.79 Å². The van der Waals surface area contributed by atoms with E-state index in [9.17, 15) is 4.79 Å². The van der Waals surface area contributed by atoms with Crippen LogP contribution in [0.5, 0.6) is 0 Å². The van der Waals surface area contributed by atoms with Gasteiger partial charge in [-0.2, -0.15) is 0 Å². The van der Waals surface area contributed by atoms with Crippen LogP contribution < -0.4 is 5.32 Å². The Morgan fingerprint density at radius 2 is 2.33 bits per heavy atom. The first-order valence-electron chi connectivity index (χ1n) is 4.81. The summed E-state index contributed by atoms with van der Waals surface area (Å²) < 4.78 is 1.08. The van der Waals surface area contributed by atoms with E-state index in [2.05, 4.69) is 27.9 Å². The number of aliphatic hydroxyl groups excluding tert-OH is 1. The van der Waals surface area contributed by atoms with Gasteiger partial charge in [0, 0.05) is 15.7 Å². The Hall–Kier alpha value is -0.620. The molecule has 1 atom stereocenters. The molecule has 3 nitrogen and oxygen atoms in total. The van der Waals surface area contributed by atoms with Gasteiger partial charge in [0.25, 0.3) is 0 Å². The number of rotatable bonds is 4. The van der Waals surface area contributed by atoms with E-state index in [1.807, 2.05) is 24.3 Å². The first-order chi connectivity index (χ1) is 7.08. The highest BCUT2D eigenvalue weighted by atomic mass is 127. The van der Waals surface area contributed by atoms with Gasteiger partial charge in [-0.1, -0.05) is 6.07 Å². The molecule has 0 aromatic heterocycles. The molecular weight excluding hydrogens is 305 g/mol. The first kappa shape index (κ1) is 12.4. The van der Waals surface area contributed by atoms with Gasteiger partial charge < -0.3 is 10.4 Å². The quantitative estimate of drug-likeness (QED) is 0.837. The monoisotopic (exact) mass is 319 g/mol. The van der Waals surface area contributed by atoms with Crippen molar-refractivity contribution in [2.24, 2.45) is 0 Å². The Kier molecular flexibility index (Phi) is 5.04. The summed E-state index contributed by atoms with van der Waals surface area (Å²) >= 11 is 2.19. The summed E-state index contributed by atoms with van der Waals surface area (Å²) in [4.78, 5) is 11.4. The SMILES string of the molecule is CC(O)CCC(=O)Nc1cccc(I)c1. The molecule has 0 fully saturated rings. The van der Waals surface area contributed by atoms with Gasteiger partial charge in [-0.3, -0.25) is 4.79 Å². The van der Waals surface area contributed by atoms with Crippen molar-refractivity contribution in [2.75, 3.05) is 5.32 Å². The molecule has 2 N–H and O–H groups in total. The van der Waals surface area contributed by atoms with Crippen LogP contribution in [-0.4, -0.2) is 17.1 Å². The van der Waals surface area contributed by atoms with Crippen LogP contribution in [0.3, 0.4) is 0 Å². The van der Waals surface area contributed by atoms with E-state index in [0.29, 0.717) is 12.8 Å². The maximum atomic E-state index is 11.4. The number of benzene rings is 1. The van der Waals surface area contributed by atoms with Gasteiger partial charge in [-0.15, -0.1) is 0 Å². The van der Waals surface area contributed by atoms with E-state index in [0.717, 1.165) is 9.26 Å². The average molecular weight is 319 g/mol. The molecule has 1 amide bonds. The Bertz CT molecular complexity index is 339. The molecule has 0 bridgehead atoms. The number of amides is 1. The van der Waals surface area contributed by atoms with E-state index in [1.54, 1.807) is 6.92 Å². The van der Waals surface area contributed by atoms with Crippen molar-refractivity contribution in [3.05, 3.63) is 27.8 Å². The zero-order valence-electron chi connectivity index (χ0n) is 8.53. The van der Waals surface area contributed by atoms with E-state index in [-0.39, 0.29) is 5.91 Å². The average Bonchev–Trinajstić information content (AvgIpc) is 2.15. The molecule has 15 heavy (non-hydrogen) atoms. The number of carbonyl (C=O) groups excluding carboxylic acids is 1. The van der Waals surface area contributed by atoms with Crippen LogP contribution in [0.25, 0.3) is 0 Å². The van der Waals surface area contributed by atoms with Gasteiger partial charge in [-0.25, -0.2) is 0 Å². The van der Waals surface area contributed by atoms with Crippen molar-refractivity contribution < 1.29 is 9.90 Å². The predicted molar refractivity (Wildman–Crippen MR) is 68.7 cm³/mol. The zero-order valence-corrected chi connectivity index (χ0v) is 10.7. The van der Waals surface area contributed by atoms with Crippen molar-refractivity contribution in [3.63, 3.8) is 0 Å². The van der Waals surface area contributed by atoms with Crippen LogP contribution in [0.2, 0.25) is 0 Å². The summed E-state index contributed by atoms with van der Waals surface area (Å²) in [5.74, 6) is -0.0575. The van der Waals surface area contributed by atoms with E-state index in [4.69, 9.17) is 5.11 Å². The zero-order chi connectivity index (χ0) is 11.3. The summed E-state index contributed by atoms with van der Waals surface area (Å²) in [6, 6.07) is 7.61. The second-order valence-electron chi connectivity index (χ2n) is 3.45. The third kappa shape index (κ3) is 5.13. The van der Waals surface area contributed by atoms with Gasteiger partial charge in [0.2, 0.25) is 5.91 Å². The van der Waals surface area contributed by atoms with Gasteiger partial charge in [0.05, 0.1) is 6.10 Å². The van der Waals surface area contributed by atoms with Crippen LogP contribution in [0.1, 0.15) is 19.8 Å². The number of hydrogen-bond donors (Lipinski definition) is 2. The largest absolute Gasteiger partial charge is 0.393 e. The number of nitrogens with one attached hydrogen (secondary N) is 1. The topological polar surface area (TPSA) is 49.3 Å². The third-order valence-corrected chi connectivity index (χ3v) is 2.57. The molecule has 0 heterocycles. The highest BCUT2D eigenvalue weighted by Gasteiger charge is 2.04. The van der Waals surface area contributed by atoms with E-state index < -0.39 is 6.10 Å². The third-order valence-electron chi connectivity index (χ3n) is 1.90. The lowest BCUT2D eigenvalue weighted by Crippen LogP contribution is -2.14. The number of hydrogen-bond acceptors (Lipinski definition) is 2. The number of anilines is 1.